The maximum atomic E-state index is 11.7. The highest BCUT2D eigenvalue weighted by Crippen LogP contribution is 2.26. The molecule has 0 radical (unpaired) electrons. The Balaban J connectivity index is 2.18. The van der Waals surface area contributed by atoms with Gasteiger partial charge in [-0.2, -0.15) is 0 Å². The van der Waals surface area contributed by atoms with Crippen molar-refractivity contribution >= 4 is 11.7 Å². The highest BCUT2D eigenvalue weighted by molar-refractivity contribution is 5.78. The smallest absolute Gasteiger partial charge is 0.313 e. The SMILES string of the molecule is CCOC(=O)C(C)c1ccc2c(c1)CCCN2. The molecule has 1 unspecified atom stereocenters. The minimum absolute atomic E-state index is 0.142. The summed E-state index contributed by atoms with van der Waals surface area (Å²) in [6.45, 7) is 5.22. The average Bonchev–Trinajstić information content (AvgIpc) is 2.37. The largest absolute Gasteiger partial charge is 0.466 e. The van der Waals surface area contributed by atoms with Gasteiger partial charge >= 0.3 is 5.97 Å². The average molecular weight is 233 g/mol. The molecule has 1 aromatic carbocycles. The van der Waals surface area contributed by atoms with Gasteiger partial charge in [0.1, 0.15) is 0 Å². The summed E-state index contributed by atoms with van der Waals surface area (Å²) in [6.07, 6.45) is 2.25. The van der Waals surface area contributed by atoms with E-state index in [2.05, 4.69) is 17.4 Å². The molecule has 1 aliphatic heterocycles. The van der Waals surface area contributed by atoms with E-state index in [1.807, 2.05) is 19.9 Å². The molecule has 0 aliphatic carbocycles. The lowest BCUT2D eigenvalue weighted by Gasteiger charge is -2.20. The van der Waals surface area contributed by atoms with Crippen molar-refractivity contribution in [2.24, 2.45) is 0 Å². The van der Waals surface area contributed by atoms with E-state index in [-0.39, 0.29) is 11.9 Å². The van der Waals surface area contributed by atoms with Gasteiger partial charge in [-0.05, 0) is 43.9 Å². The summed E-state index contributed by atoms with van der Waals surface area (Å²) >= 11 is 0. The third-order valence-electron chi connectivity index (χ3n) is 3.21. The molecule has 0 amide bonds. The molecule has 0 spiro atoms. The number of esters is 1. The Morgan fingerprint density at radius 1 is 1.53 bits per heavy atom. The van der Waals surface area contributed by atoms with Crippen LogP contribution in [0.1, 0.15) is 37.3 Å². The molecule has 3 nitrogen and oxygen atoms in total. The number of hydrogen-bond donors (Lipinski definition) is 1. The van der Waals surface area contributed by atoms with Crippen LogP contribution < -0.4 is 5.32 Å². The first-order valence-corrected chi connectivity index (χ1v) is 6.25. The molecular weight excluding hydrogens is 214 g/mol. The van der Waals surface area contributed by atoms with Crippen molar-refractivity contribution in [2.75, 3.05) is 18.5 Å². The molecule has 2 rings (SSSR count). The molecule has 1 aromatic rings. The van der Waals surface area contributed by atoms with E-state index in [9.17, 15) is 4.79 Å². The van der Waals surface area contributed by atoms with Crippen molar-refractivity contribution < 1.29 is 9.53 Å². The Morgan fingerprint density at radius 2 is 2.35 bits per heavy atom. The summed E-state index contributed by atoms with van der Waals surface area (Å²) in [6, 6.07) is 6.21. The highest BCUT2D eigenvalue weighted by atomic mass is 16.5. The standard InChI is InChI=1S/C14H19NO2/c1-3-17-14(16)10(2)11-6-7-13-12(9-11)5-4-8-15-13/h6-7,9-10,15H,3-5,8H2,1-2H3. The zero-order valence-electron chi connectivity index (χ0n) is 10.5. The lowest BCUT2D eigenvalue weighted by Crippen LogP contribution is -2.15. The highest BCUT2D eigenvalue weighted by Gasteiger charge is 2.18. The van der Waals surface area contributed by atoms with E-state index in [1.165, 1.54) is 11.3 Å². The van der Waals surface area contributed by atoms with E-state index in [0.29, 0.717) is 6.61 Å². The van der Waals surface area contributed by atoms with E-state index >= 15 is 0 Å². The van der Waals surface area contributed by atoms with Crippen molar-refractivity contribution in [3.05, 3.63) is 29.3 Å². The summed E-state index contributed by atoms with van der Waals surface area (Å²) in [4.78, 5) is 11.7. The fraction of sp³-hybridized carbons (Fsp3) is 0.500. The molecule has 1 N–H and O–H groups in total. The number of nitrogens with one attached hydrogen (secondary N) is 1. The van der Waals surface area contributed by atoms with Crippen LogP contribution in [0.2, 0.25) is 0 Å². The predicted molar refractivity (Wildman–Crippen MR) is 68.3 cm³/mol. The molecule has 0 fully saturated rings. The van der Waals surface area contributed by atoms with Crippen LogP contribution >= 0.6 is 0 Å². The molecule has 1 atom stereocenters. The molecule has 0 saturated heterocycles. The number of benzene rings is 1. The normalized spacial score (nSPS) is 15.6. The monoisotopic (exact) mass is 233 g/mol. The van der Waals surface area contributed by atoms with E-state index < -0.39 is 0 Å². The molecule has 92 valence electrons. The van der Waals surface area contributed by atoms with Crippen molar-refractivity contribution in [1.29, 1.82) is 0 Å². The predicted octanol–water partition coefficient (Wildman–Crippen LogP) is 2.71. The Morgan fingerprint density at radius 3 is 3.12 bits per heavy atom. The second kappa shape index (κ2) is 5.21. The lowest BCUT2D eigenvalue weighted by molar-refractivity contribution is -0.144. The lowest BCUT2D eigenvalue weighted by atomic mass is 9.95. The molecule has 0 aromatic heterocycles. The number of aryl methyl sites for hydroxylation is 1. The number of hydrogen-bond acceptors (Lipinski definition) is 3. The summed E-state index contributed by atoms with van der Waals surface area (Å²) in [5.41, 5.74) is 3.56. The van der Waals surface area contributed by atoms with Gasteiger partial charge in [0.2, 0.25) is 0 Å². The summed E-state index contributed by atoms with van der Waals surface area (Å²) in [5.74, 6) is -0.321. The first-order valence-electron chi connectivity index (χ1n) is 6.25. The van der Waals surface area contributed by atoms with Crippen molar-refractivity contribution in [3.8, 4) is 0 Å². The first-order chi connectivity index (χ1) is 8.22. The van der Waals surface area contributed by atoms with Crippen molar-refractivity contribution in [3.63, 3.8) is 0 Å². The Labute approximate surface area is 102 Å². The van der Waals surface area contributed by atoms with Crippen molar-refractivity contribution in [1.82, 2.24) is 0 Å². The molecule has 17 heavy (non-hydrogen) atoms. The van der Waals surface area contributed by atoms with E-state index in [4.69, 9.17) is 4.74 Å². The Bertz CT molecular complexity index is 415. The van der Waals surface area contributed by atoms with Crippen LogP contribution in [0.25, 0.3) is 0 Å². The van der Waals surface area contributed by atoms with Crippen LogP contribution in [0.15, 0.2) is 18.2 Å². The molecular formula is C14H19NO2. The second-order valence-corrected chi connectivity index (χ2v) is 4.42. The van der Waals surface area contributed by atoms with Gasteiger partial charge in [-0.15, -0.1) is 0 Å². The van der Waals surface area contributed by atoms with E-state index in [1.54, 1.807) is 0 Å². The third kappa shape index (κ3) is 2.60. The van der Waals surface area contributed by atoms with E-state index in [0.717, 1.165) is 24.9 Å². The fourth-order valence-electron chi connectivity index (χ4n) is 2.17. The van der Waals surface area contributed by atoms with Crippen molar-refractivity contribution in [2.45, 2.75) is 32.6 Å². The quantitative estimate of drug-likeness (QED) is 0.816. The molecule has 1 aliphatic rings. The Kier molecular flexibility index (Phi) is 3.67. The number of fused-ring (bicyclic) bond motifs is 1. The Hall–Kier alpha value is -1.51. The number of rotatable bonds is 3. The first kappa shape index (κ1) is 12.0. The summed E-state index contributed by atoms with van der Waals surface area (Å²) in [5, 5.41) is 3.37. The second-order valence-electron chi connectivity index (χ2n) is 4.42. The minimum Gasteiger partial charge on any atom is -0.466 e. The topological polar surface area (TPSA) is 38.3 Å². The van der Waals surface area contributed by atoms with Crippen LogP contribution in [0.3, 0.4) is 0 Å². The number of ether oxygens (including phenoxy) is 1. The maximum Gasteiger partial charge on any atom is 0.313 e. The molecule has 1 heterocycles. The molecule has 3 heteroatoms. The van der Waals surface area contributed by atoms with Gasteiger partial charge in [-0.1, -0.05) is 12.1 Å². The van der Waals surface area contributed by atoms with Crippen LogP contribution in [-0.4, -0.2) is 19.1 Å². The molecule has 0 saturated carbocycles. The van der Waals surface area contributed by atoms with Crippen LogP contribution in [0.4, 0.5) is 5.69 Å². The summed E-state index contributed by atoms with van der Waals surface area (Å²) < 4.78 is 5.05. The molecule has 0 bridgehead atoms. The maximum absolute atomic E-state index is 11.7. The number of anilines is 1. The zero-order valence-corrected chi connectivity index (χ0v) is 10.5. The van der Waals surface area contributed by atoms with Gasteiger partial charge in [0.15, 0.2) is 0 Å². The third-order valence-corrected chi connectivity index (χ3v) is 3.21. The van der Waals surface area contributed by atoms with Crippen LogP contribution in [-0.2, 0) is 16.0 Å². The van der Waals surface area contributed by atoms with Gasteiger partial charge in [-0.3, -0.25) is 4.79 Å². The summed E-state index contributed by atoms with van der Waals surface area (Å²) in [7, 11) is 0. The van der Waals surface area contributed by atoms with Crippen LogP contribution in [0, 0.1) is 0 Å². The fourth-order valence-corrected chi connectivity index (χ4v) is 2.17. The number of carbonyl (C=O) groups is 1. The van der Waals surface area contributed by atoms with Crippen LogP contribution in [0.5, 0.6) is 0 Å². The van der Waals surface area contributed by atoms with Gasteiger partial charge in [0.25, 0.3) is 0 Å². The van der Waals surface area contributed by atoms with Gasteiger partial charge in [0.05, 0.1) is 12.5 Å². The van der Waals surface area contributed by atoms with Gasteiger partial charge in [0, 0.05) is 12.2 Å². The number of carbonyl (C=O) groups excluding carboxylic acids is 1. The minimum atomic E-state index is -0.179. The van der Waals surface area contributed by atoms with Gasteiger partial charge < -0.3 is 10.1 Å². The van der Waals surface area contributed by atoms with Gasteiger partial charge in [-0.25, -0.2) is 0 Å². The zero-order chi connectivity index (χ0) is 12.3.